The Balaban J connectivity index is 1.61. The predicted molar refractivity (Wildman–Crippen MR) is 104 cm³/mol. The smallest absolute Gasteiger partial charge is 0.228 e. The zero-order valence-electron chi connectivity index (χ0n) is 14.8. The summed E-state index contributed by atoms with van der Waals surface area (Å²) in [4.78, 5) is 17.2. The third-order valence-corrected chi connectivity index (χ3v) is 4.43. The molecular formula is C22H18FN3O. The van der Waals surface area contributed by atoms with Crippen LogP contribution in [0.2, 0.25) is 0 Å². The number of carbonyl (C=O) groups excluding carboxylic acids is 1. The summed E-state index contributed by atoms with van der Waals surface area (Å²) in [6.07, 6.45) is 4.08. The fourth-order valence-electron chi connectivity index (χ4n) is 3.08. The van der Waals surface area contributed by atoms with Gasteiger partial charge in [-0.15, -0.1) is 0 Å². The van der Waals surface area contributed by atoms with Crippen molar-refractivity contribution in [3.05, 3.63) is 90.0 Å². The first kappa shape index (κ1) is 17.0. The Kier molecular flexibility index (Phi) is 4.42. The van der Waals surface area contributed by atoms with Crippen molar-refractivity contribution < 1.29 is 9.18 Å². The highest BCUT2D eigenvalue weighted by atomic mass is 19.1. The standard InChI is InChI=1S/C22H18FN3O/c1-15-5-4-12-26-14-20(25-22(15)26)18-6-2-3-7-19(18)24-21(27)13-16-8-10-17(23)11-9-16/h2-12,14H,13H2,1H3,(H,24,27). The van der Waals surface area contributed by atoms with Crippen LogP contribution in [0.25, 0.3) is 16.9 Å². The Morgan fingerprint density at radius 3 is 2.63 bits per heavy atom. The molecule has 0 aliphatic heterocycles. The second-order valence-electron chi connectivity index (χ2n) is 6.45. The van der Waals surface area contributed by atoms with E-state index in [0.29, 0.717) is 5.69 Å². The molecule has 0 aliphatic carbocycles. The first-order valence-corrected chi connectivity index (χ1v) is 8.68. The number of halogens is 1. The lowest BCUT2D eigenvalue weighted by Crippen LogP contribution is -2.15. The number of hydrogen-bond donors (Lipinski definition) is 1. The van der Waals surface area contributed by atoms with Crippen LogP contribution in [0.5, 0.6) is 0 Å². The van der Waals surface area contributed by atoms with E-state index in [9.17, 15) is 9.18 Å². The average molecular weight is 359 g/mol. The molecule has 0 spiro atoms. The molecule has 0 saturated carbocycles. The molecular weight excluding hydrogens is 341 g/mol. The van der Waals surface area contributed by atoms with Gasteiger partial charge in [0.05, 0.1) is 17.8 Å². The third kappa shape index (κ3) is 3.58. The normalized spacial score (nSPS) is 10.9. The van der Waals surface area contributed by atoms with E-state index in [1.807, 2.05) is 60.1 Å². The van der Waals surface area contributed by atoms with Crippen molar-refractivity contribution >= 4 is 17.2 Å². The van der Waals surface area contributed by atoms with Crippen LogP contribution in [0, 0.1) is 12.7 Å². The average Bonchev–Trinajstić information content (AvgIpc) is 3.09. The van der Waals surface area contributed by atoms with Crippen LogP contribution >= 0.6 is 0 Å². The molecule has 0 saturated heterocycles. The summed E-state index contributed by atoms with van der Waals surface area (Å²) >= 11 is 0. The largest absolute Gasteiger partial charge is 0.325 e. The number of imidazole rings is 1. The topological polar surface area (TPSA) is 46.4 Å². The number of anilines is 1. The van der Waals surface area contributed by atoms with Gasteiger partial charge in [0.25, 0.3) is 0 Å². The Morgan fingerprint density at radius 1 is 1.07 bits per heavy atom. The van der Waals surface area contributed by atoms with Crippen molar-refractivity contribution in [3.8, 4) is 11.3 Å². The lowest BCUT2D eigenvalue weighted by Gasteiger charge is -2.09. The molecule has 1 N–H and O–H groups in total. The van der Waals surface area contributed by atoms with E-state index in [0.717, 1.165) is 28.0 Å². The van der Waals surface area contributed by atoms with E-state index in [-0.39, 0.29) is 18.1 Å². The van der Waals surface area contributed by atoms with E-state index < -0.39 is 0 Å². The first-order valence-electron chi connectivity index (χ1n) is 8.68. The van der Waals surface area contributed by atoms with Gasteiger partial charge >= 0.3 is 0 Å². The van der Waals surface area contributed by atoms with Gasteiger partial charge in [0.1, 0.15) is 11.5 Å². The van der Waals surface area contributed by atoms with Crippen LogP contribution < -0.4 is 5.32 Å². The van der Waals surface area contributed by atoms with Crippen LogP contribution in [0.3, 0.4) is 0 Å². The quantitative estimate of drug-likeness (QED) is 0.577. The lowest BCUT2D eigenvalue weighted by molar-refractivity contribution is -0.115. The zero-order chi connectivity index (χ0) is 18.8. The van der Waals surface area contributed by atoms with E-state index >= 15 is 0 Å². The van der Waals surface area contributed by atoms with E-state index in [1.165, 1.54) is 12.1 Å². The van der Waals surface area contributed by atoms with E-state index in [4.69, 9.17) is 4.98 Å². The molecule has 2 aromatic carbocycles. The number of fused-ring (bicyclic) bond motifs is 1. The molecule has 0 bridgehead atoms. The molecule has 0 atom stereocenters. The molecule has 0 unspecified atom stereocenters. The van der Waals surface area contributed by atoms with Crippen molar-refractivity contribution in [2.24, 2.45) is 0 Å². The number of nitrogens with zero attached hydrogens (tertiary/aromatic N) is 2. The number of para-hydroxylation sites is 1. The fraction of sp³-hybridized carbons (Fsp3) is 0.0909. The first-order chi connectivity index (χ1) is 13.1. The maximum Gasteiger partial charge on any atom is 0.228 e. The Bertz CT molecular complexity index is 1120. The number of aromatic nitrogens is 2. The summed E-state index contributed by atoms with van der Waals surface area (Å²) in [5, 5.41) is 2.95. The number of hydrogen-bond acceptors (Lipinski definition) is 2. The maximum absolute atomic E-state index is 13.0. The van der Waals surface area contributed by atoms with Gasteiger partial charge < -0.3 is 9.72 Å². The molecule has 4 aromatic rings. The van der Waals surface area contributed by atoms with Gasteiger partial charge in [-0.25, -0.2) is 9.37 Å². The Morgan fingerprint density at radius 2 is 1.85 bits per heavy atom. The molecule has 5 heteroatoms. The molecule has 27 heavy (non-hydrogen) atoms. The third-order valence-electron chi connectivity index (χ3n) is 4.43. The van der Waals surface area contributed by atoms with E-state index in [1.54, 1.807) is 12.1 Å². The molecule has 1 amide bonds. The molecule has 134 valence electrons. The number of aryl methyl sites for hydroxylation is 1. The minimum atomic E-state index is -0.313. The highest BCUT2D eigenvalue weighted by molar-refractivity contribution is 5.96. The maximum atomic E-state index is 13.0. The van der Waals surface area contributed by atoms with Crippen LogP contribution in [0.1, 0.15) is 11.1 Å². The summed E-state index contributed by atoms with van der Waals surface area (Å²) in [6, 6.07) is 17.5. The van der Waals surface area contributed by atoms with Gasteiger partial charge in [0, 0.05) is 18.0 Å². The minimum Gasteiger partial charge on any atom is -0.325 e. The van der Waals surface area contributed by atoms with Gasteiger partial charge in [0.2, 0.25) is 5.91 Å². The van der Waals surface area contributed by atoms with E-state index in [2.05, 4.69) is 5.32 Å². The summed E-state index contributed by atoms with van der Waals surface area (Å²) < 4.78 is 15.0. The second-order valence-corrected chi connectivity index (χ2v) is 6.45. The van der Waals surface area contributed by atoms with Crippen molar-refractivity contribution in [1.29, 1.82) is 0 Å². The van der Waals surface area contributed by atoms with Crippen molar-refractivity contribution in [2.75, 3.05) is 5.32 Å². The van der Waals surface area contributed by atoms with Gasteiger partial charge in [-0.05, 0) is 42.3 Å². The highest BCUT2D eigenvalue weighted by Crippen LogP contribution is 2.28. The van der Waals surface area contributed by atoms with Crippen LogP contribution in [-0.2, 0) is 11.2 Å². The Labute approximate surface area is 156 Å². The number of benzene rings is 2. The number of amides is 1. The monoisotopic (exact) mass is 359 g/mol. The second kappa shape index (κ2) is 7.03. The molecule has 4 rings (SSSR count). The van der Waals surface area contributed by atoms with Crippen LogP contribution in [0.4, 0.5) is 10.1 Å². The highest BCUT2D eigenvalue weighted by Gasteiger charge is 2.12. The summed E-state index contributed by atoms with van der Waals surface area (Å²) in [7, 11) is 0. The summed E-state index contributed by atoms with van der Waals surface area (Å²) in [5.41, 5.74) is 5.08. The van der Waals surface area contributed by atoms with Crippen molar-refractivity contribution in [1.82, 2.24) is 9.38 Å². The van der Waals surface area contributed by atoms with Crippen molar-refractivity contribution in [3.63, 3.8) is 0 Å². The summed E-state index contributed by atoms with van der Waals surface area (Å²) in [5.74, 6) is -0.472. The minimum absolute atomic E-state index is 0.158. The predicted octanol–water partition coefficient (Wildman–Crippen LogP) is 4.63. The van der Waals surface area contributed by atoms with Crippen LogP contribution in [0.15, 0.2) is 73.1 Å². The lowest BCUT2D eigenvalue weighted by atomic mass is 10.1. The molecule has 0 aliphatic rings. The van der Waals surface area contributed by atoms with Gasteiger partial charge in [-0.3, -0.25) is 4.79 Å². The van der Waals surface area contributed by atoms with Gasteiger partial charge in [0.15, 0.2) is 0 Å². The number of pyridine rings is 1. The number of carbonyl (C=O) groups is 1. The number of nitrogens with one attached hydrogen (secondary N) is 1. The summed E-state index contributed by atoms with van der Waals surface area (Å²) in [6.45, 7) is 2.02. The molecule has 0 radical (unpaired) electrons. The van der Waals surface area contributed by atoms with Crippen LogP contribution in [-0.4, -0.2) is 15.3 Å². The van der Waals surface area contributed by atoms with Gasteiger partial charge in [-0.1, -0.05) is 36.4 Å². The molecule has 2 heterocycles. The Hall–Kier alpha value is -3.47. The van der Waals surface area contributed by atoms with Gasteiger partial charge in [-0.2, -0.15) is 0 Å². The fourth-order valence-corrected chi connectivity index (χ4v) is 3.08. The molecule has 2 aromatic heterocycles. The van der Waals surface area contributed by atoms with Crippen molar-refractivity contribution in [2.45, 2.75) is 13.3 Å². The zero-order valence-corrected chi connectivity index (χ0v) is 14.8. The SMILES string of the molecule is Cc1cccn2cc(-c3ccccc3NC(=O)Cc3ccc(F)cc3)nc12. The number of rotatable bonds is 4. The molecule has 4 nitrogen and oxygen atoms in total. The molecule has 0 fully saturated rings.